The molecule has 0 spiro atoms. The van der Waals surface area contributed by atoms with Crippen LogP contribution in [-0.2, 0) is 15.9 Å². The average molecular weight is 398 g/mol. The SMILES string of the molecule is COB(O)[C@H](CC(C)C)NC(=O)[C@H](Cc1ccccc1)NC(=O)c1cnccn1. The predicted molar refractivity (Wildman–Crippen MR) is 110 cm³/mol. The summed E-state index contributed by atoms with van der Waals surface area (Å²) in [6.07, 6.45) is 5.03. The molecule has 0 unspecified atom stereocenters. The number of nitrogens with one attached hydrogen (secondary N) is 2. The van der Waals surface area contributed by atoms with Crippen LogP contribution in [0.15, 0.2) is 48.9 Å². The van der Waals surface area contributed by atoms with E-state index in [0.717, 1.165) is 5.56 Å². The third-order valence-corrected chi connectivity index (χ3v) is 4.34. The molecular weight excluding hydrogens is 371 g/mol. The van der Waals surface area contributed by atoms with Crippen LogP contribution >= 0.6 is 0 Å². The zero-order valence-electron chi connectivity index (χ0n) is 16.9. The minimum Gasteiger partial charge on any atom is -0.426 e. The van der Waals surface area contributed by atoms with Crippen LogP contribution in [0.1, 0.15) is 36.3 Å². The van der Waals surface area contributed by atoms with Crippen molar-refractivity contribution in [2.75, 3.05) is 7.11 Å². The maximum atomic E-state index is 13.0. The summed E-state index contributed by atoms with van der Waals surface area (Å²) < 4.78 is 5.00. The lowest BCUT2D eigenvalue weighted by Crippen LogP contribution is -2.55. The van der Waals surface area contributed by atoms with Crippen LogP contribution in [0.5, 0.6) is 0 Å². The normalized spacial score (nSPS) is 12.9. The number of aromatic nitrogens is 2. The molecule has 0 saturated carbocycles. The van der Waals surface area contributed by atoms with E-state index < -0.39 is 30.9 Å². The Balaban J connectivity index is 2.18. The van der Waals surface area contributed by atoms with Gasteiger partial charge in [-0.05, 0) is 17.9 Å². The van der Waals surface area contributed by atoms with Crippen molar-refractivity contribution in [3.63, 3.8) is 0 Å². The molecule has 1 aromatic heterocycles. The first-order chi connectivity index (χ1) is 13.9. The molecule has 0 bridgehead atoms. The fraction of sp³-hybridized carbons (Fsp3) is 0.400. The molecule has 0 radical (unpaired) electrons. The zero-order chi connectivity index (χ0) is 21.2. The van der Waals surface area contributed by atoms with Crippen LogP contribution in [0.25, 0.3) is 0 Å². The van der Waals surface area contributed by atoms with Gasteiger partial charge in [-0.15, -0.1) is 0 Å². The zero-order valence-corrected chi connectivity index (χ0v) is 16.9. The summed E-state index contributed by atoms with van der Waals surface area (Å²) in [5.41, 5.74) is 1.01. The van der Waals surface area contributed by atoms with E-state index in [0.29, 0.717) is 6.42 Å². The first kappa shape index (κ1) is 22.5. The fourth-order valence-corrected chi connectivity index (χ4v) is 2.91. The van der Waals surface area contributed by atoms with Gasteiger partial charge in [0.1, 0.15) is 11.7 Å². The van der Waals surface area contributed by atoms with Crippen molar-refractivity contribution in [3.05, 3.63) is 60.2 Å². The lowest BCUT2D eigenvalue weighted by atomic mass is 9.74. The van der Waals surface area contributed by atoms with Crippen LogP contribution < -0.4 is 10.6 Å². The van der Waals surface area contributed by atoms with Crippen LogP contribution in [0, 0.1) is 5.92 Å². The Labute approximate surface area is 171 Å². The molecule has 8 nitrogen and oxygen atoms in total. The Kier molecular flexibility index (Phi) is 8.76. The van der Waals surface area contributed by atoms with E-state index in [1.807, 2.05) is 44.2 Å². The quantitative estimate of drug-likeness (QED) is 0.515. The van der Waals surface area contributed by atoms with Gasteiger partial charge in [0.25, 0.3) is 5.91 Å². The second-order valence-corrected chi connectivity index (χ2v) is 7.18. The van der Waals surface area contributed by atoms with Gasteiger partial charge in [0.05, 0.1) is 12.1 Å². The molecule has 3 N–H and O–H groups in total. The molecule has 1 heterocycles. The molecule has 2 aromatic rings. The maximum Gasteiger partial charge on any atom is 0.477 e. The summed E-state index contributed by atoms with van der Waals surface area (Å²) in [6.45, 7) is 3.97. The lowest BCUT2D eigenvalue weighted by Gasteiger charge is -2.25. The second-order valence-electron chi connectivity index (χ2n) is 7.18. The van der Waals surface area contributed by atoms with Crippen molar-refractivity contribution < 1.29 is 19.3 Å². The molecule has 0 aliphatic heterocycles. The van der Waals surface area contributed by atoms with E-state index in [9.17, 15) is 14.6 Å². The van der Waals surface area contributed by atoms with Crippen molar-refractivity contribution in [2.24, 2.45) is 5.92 Å². The van der Waals surface area contributed by atoms with E-state index in [1.54, 1.807) is 0 Å². The molecule has 0 aliphatic carbocycles. The highest BCUT2D eigenvalue weighted by Gasteiger charge is 2.31. The van der Waals surface area contributed by atoms with Gasteiger partial charge in [-0.1, -0.05) is 44.2 Å². The van der Waals surface area contributed by atoms with Crippen molar-refractivity contribution in [1.82, 2.24) is 20.6 Å². The minimum atomic E-state index is -1.14. The second kappa shape index (κ2) is 11.3. The standard InChI is InChI=1S/C20H27BN4O4/c1-14(2)11-18(21(28)29-3)25-19(26)16(12-15-7-5-4-6-8-15)24-20(27)17-13-22-9-10-23-17/h4-10,13-14,16,18,28H,11-12H2,1-3H3,(H,24,27)(H,25,26)/t16-,18-/m0/s1. The summed E-state index contributed by atoms with van der Waals surface area (Å²) >= 11 is 0. The van der Waals surface area contributed by atoms with E-state index >= 15 is 0 Å². The largest absolute Gasteiger partial charge is 0.477 e. The van der Waals surface area contributed by atoms with Gasteiger partial charge in [0.2, 0.25) is 5.91 Å². The average Bonchev–Trinajstić information content (AvgIpc) is 2.73. The first-order valence-electron chi connectivity index (χ1n) is 9.52. The van der Waals surface area contributed by atoms with E-state index in [2.05, 4.69) is 20.6 Å². The number of hydrogen-bond donors (Lipinski definition) is 3. The number of hydrogen-bond acceptors (Lipinski definition) is 6. The third-order valence-electron chi connectivity index (χ3n) is 4.34. The Morgan fingerprint density at radius 1 is 1.17 bits per heavy atom. The third kappa shape index (κ3) is 7.28. The summed E-state index contributed by atoms with van der Waals surface area (Å²) in [7, 11) is 0.232. The molecule has 2 atom stereocenters. The monoisotopic (exact) mass is 398 g/mol. The Morgan fingerprint density at radius 2 is 1.90 bits per heavy atom. The van der Waals surface area contributed by atoms with E-state index in [-0.39, 0.29) is 18.0 Å². The summed E-state index contributed by atoms with van der Waals surface area (Å²) in [5, 5.41) is 15.6. The number of nitrogens with zero attached hydrogens (tertiary/aromatic N) is 2. The molecule has 29 heavy (non-hydrogen) atoms. The van der Waals surface area contributed by atoms with Gasteiger partial charge in [-0.2, -0.15) is 0 Å². The van der Waals surface area contributed by atoms with Crippen molar-refractivity contribution >= 4 is 18.9 Å². The van der Waals surface area contributed by atoms with Crippen molar-refractivity contribution in [1.29, 1.82) is 0 Å². The molecule has 1 aromatic carbocycles. The number of carbonyl (C=O) groups is 2. The highest BCUT2D eigenvalue weighted by atomic mass is 16.5. The topological polar surface area (TPSA) is 113 Å². The maximum absolute atomic E-state index is 13.0. The summed E-state index contributed by atoms with van der Waals surface area (Å²) in [4.78, 5) is 33.4. The molecule has 154 valence electrons. The van der Waals surface area contributed by atoms with Gasteiger partial charge in [0, 0.05) is 25.9 Å². The van der Waals surface area contributed by atoms with Crippen LogP contribution in [0.3, 0.4) is 0 Å². The highest BCUT2D eigenvalue weighted by Crippen LogP contribution is 2.09. The molecule has 0 saturated heterocycles. The number of carbonyl (C=O) groups excluding carboxylic acids is 2. The van der Waals surface area contributed by atoms with Gasteiger partial charge < -0.3 is 20.3 Å². The number of rotatable bonds is 10. The van der Waals surface area contributed by atoms with Crippen LogP contribution in [-0.4, -0.2) is 53.0 Å². The van der Waals surface area contributed by atoms with Crippen LogP contribution in [0.2, 0.25) is 0 Å². The predicted octanol–water partition coefficient (Wildman–Crippen LogP) is 1.01. The molecule has 9 heteroatoms. The van der Waals surface area contributed by atoms with Crippen molar-refractivity contribution in [3.8, 4) is 0 Å². The Hall–Kier alpha value is -2.78. The number of amides is 2. The van der Waals surface area contributed by atoms with E-state index in [1.165, 1.54) is 25.7 Å². The smallest absolute Gasteiger partial charge is 0.426 e. The Bertz CT molecular complexity index is 777. The first-order valence-corrected chi connectivity index (χ1v) is 9.52. The number of benzene rings is 1. The van der Waals surface area contributed by atoms with Gasteiger partial charge in [0.15, 0.2) is 0 Å². The molecular formula is C20H27BN4O4. The highest BCUT2D eigenvalue weighted by molar-refractivity contribution is 6.45. The molecule has 2 amide bonds. The van der Waals surface area contributed by atoms with Gasteiger partial charge in [-0.3, -0.25) is 14.6 Å². The lowest BCUT2D eigenvalue weighted by molar-refractivity contribution is -0.123. The van der Waals surface area contributed by atoms with Crippen molar-refractivity contribution in [2.45, 2.75) is 38.7 Å². The molecule has 0 fully saturated rings. The summed E-state index contributed by atoms with van der Waals surface area (Å²) in [6, 6.07) is 8.51. The Morgan fingerprint density at radius 3 is 2.48 bits per heavy atom. The fourth-order valence-electron chi connectivity index (χ4n) is 2.91. The molecule has 2 rings (SSSR count). The van der Waals surface area contributed by atoms with E-state index in [4.69, 9.17) is 4.65 Å². The summed E-state index contributed by atoms with van der Waals surface area (Å²) in [5.74, 6) is -1.28. The molecule has 0 aliphatic rings. The van der Waals surface area contributed by atoms with Gasteiger partial charge >= 0.3 is 7.12 Å². The minimum absolute atomic E-state index is 0.119. The van der Waals surface area contributed by atoms with Crippen LogP contribution in [0.4, 0.5) is 0 Å². The van der Waals surface area contributed by atoms with Gasteiger partial charge in [-0.25, -0.2) is 4.98 Å².